The van der Waals surface area contributed by atoms with E-state index in [0.717, 1.165) is 31.5 Å². The number of ketones is 1. The van der Waals surface area contributed by atoms with Gasteiger partial charge in [0.25, 0.3) is 5.91 Å². The Kier molecular flexibility index (Phi) is 10.6. The maximum Gasteiger partial charge on any atom is 0.255 e. The number of aromatic nitrogens is 2. The number of piperidine rings is 1. The van der Waals surface area contributed by atoms with Crippen LogP contribution in [0.1, 0.15) is 45.9 Å². The zero-order chi connectivity index (χ0) is 33.9. The smallest absolute Gasteiger partial charge is 0.255 e. The first-order valence-corrected chi connectivity index (χ1v) is 16.5. The first-order valence-electron chi connectivity index (χ1n) is 16.5. The van der Waals surface area contributed by atoms with E-state index in [2.05, 4.69) is 27.2 Å². The van der Waals surface area contributed by atoms with Crippen LogP contribution in [-0.4, -0.2) is 65.3 Å². The van der Waals surface area contributed by atoms with Crippen molar-refractivity contribution in [1.29, 1.82) is 0 Å². The summed E-state index contributed by atoms with van der Waals surface area (Å²) >= 11 is 0. The number of likely N-dealkylation sites (tertiary alicyclic amines) is 1. The number of ether oxygens (including phenoxy) is 2. The van der Waals surface area contributed by atoms with Crippen LogP contribution in [0.25, 0.3) is 10.9 Å². The number of halogens is 1. The fourth-order valence-corrected chi connectivity index (χ4v) is 6.73. The molecule has 258 valence electrons. The number of fused-ring (bicyclic) bond motifs is 2. The number of hydrogen-bond acceptors (Lipinski definition) is 8. The van der Waals surface area contributed by atoms with Crippen LogP contribution in [0, 0.1) is 11.7 Å². The molecule has 0 aliphatic carbocycles. The molecule has 9 nitrogen and oxygen atoms in total. The summed E-state index contributed by atoms with van der Waals surface area (Å²) in [5.41, 5.74) is 3.53. The van der Waals surface area contributed by atoms with Crippen molar-refractivity contribution in [3.8, 4) is 11.5 Å². The highest BCUT2D eigenvalue weighted by atomic mass is 32.1. The molecule has 1 N–H and O–H groups in total. The van der Waals surface area contributed by atoms with Gasteiger partial charge in [-0.1, -0.05) is 54.6 Å². The van der Waals surface area contributed by atoms with Crippen LogP contribution >= 0.6 is 13.5 Å². The Hall–Kier alpha value is -5.00. The zero-order valence-corrected chi connectivity index (χ0v) is 29.1. The topological polar surface area (TPSA) is 96.9 Å². The van der Waals surface area contributed by atoms with Crippen molar-refractivity contribution in [1.82, 2.24) is 19.8 Å². The van der Waals surface area contributed by atoms with Gasteiger partial charge in [0, 0.05) is 30.0 Å². The molecule has 1 saturated heterocycles. The van der Waals surface area contributed by atoms with Crippen LogP contribution in [0.5, 0.6) is 11.5 Å². The molecule has 1 aromatic heterocycles. The van der Waals surface area contributed by atoms with Gasteiger partial charge in [0.2, 0.25) is 0 Å². The number of rotatable bonds is 11. The summed E-state index contributed by atoms with van der Waals surface area (Å²) in [6.07, 6.45) is 3.54. The van der Waals surface area contributed by atoms with Crippen molar-refractivity contribution in [2.24, 2.45) is 5.92 Å². The SMILES string of the molecule is COc1cc2c(Nc3ccc(CC(=O)[C@H](c4ccccc4)N4Cc5ccccc5C4=O)cc3F)ncnc2cc1OCC1CCN(C)CC1.S. The summed E-state index contributed by atoms with van der Waals surface area (Å²) in [5.74, 6) is 1.10. The lowest BCUT2D eigenvalue weighted by Crippen LogP contribution is -2.35. The van der Waals surface area contributed by atoms with Crippen molar-refractivity contribution in [3.05, 3.63) is 119 Å². The molecule has 2 aliphatic heterocycles. The molecule has 2 aliphatic rings. The first kappa shape index (κ1) is 34.8. The second-order valence-electron chi connectivity index (χ2n) is 12.8. The number of hydrogen-bond donors (Lipinski definition) is 1. The third-order valence-electron chi connectivity index (χ3n) is 9.48. The fraction of sp³-hybridized carbons (Fsp3) is 0.282. The zero-order valence-electron chi connectivity index (χ0n) is 28.1. The molecule has 0 saturated carbocycles. The van der Waals surface area contributed by atoms with Crippen LogP contribution in [0.4, 0.5) is 15.9 Å². The predicted octanol–water partition coefficient (Wildman–Crippen LogP) is 6.86. The van der Waals surface area contributed by atoms with Gasteiger partial charge in [-0.2, -0.15) is 13.5 Å². The molecule has 1 atom stereocenters. The van der Waals surface area contributed by atoms with Crippen LogP contribution in [-0.2, 0) is 17.8 Å². The van der Waals surface area contributed by atoms with Crippen LogP contribution < -0.4 is 14.8 Å². The number of methoxy groups -OCH3 is 1. The highest BCUT2D eigenvalue weighted by Crippen LogP contribution is 2.36. The number of nitrogens with zero attached hydrogens (tertiary/aromatic N) is 4. The van der Waals surface area contributed by atoms with Crippen LogP contribution in [0.3, 0.4) is 0 Å². The second kappa shape index (κ2) is 15.3. The van der Waals surface area contributed by atoms with E-state index >= 15 is 4.39 Å². The van der Waals surface area contributed by atoms with Crippen LogP contribution in [0.2, 0.25) is 0 Å². The minimum Gasteiger partial charge on any atom is -0.493 e. The summed E-state index contributed by atoms with van der Waals surface area (Å²) in [5, 5.41) is 3.74. The molecule has 0 radical (unpaired) electrons. The summed E-state index contributed by atoms with van der Waals surface area (Å²) in [6, 6.07) is 24.1. The van der Waals surface area contributed by atoms with E-state index in [1.165, 1.54) is 12.4 Å². The van der Waals surface area contributed by atoms with Gasteiger partial charge in [-0.15, -0.1) is 0 Å². The normalized spacial score (nSPS) is 15.3. The summed E-state index contributed by atoms with van der Waals surface area (Å²) < 4.78 is 27.5. The van der Waals surface area contributed by atoms with E-state index in [4.69, 9.17) is 9.47 Å². The fourth-order valence-electron chi connectivity index (χ4n) is 6.73. The second-order valence-corrected chi connectivity index (χ2v) is 12.8. The number of carbonyl (C=O) groups is 2. The molecule has 4 aromatic carbocycles. The third-order valence-corrected chi connectivity index (χ3v) is 9.48. The standard InChI is InChI=1S/C39H38FN5O4.H2S/c1-44-16-14-25(15-17-44)23-49-36-21-33-30(20-35(36)48-2)38(42-24-41-33)43-32-13-12-26(18-31(32)40)19-34(46)37(27-8-4-3-5-9-27)45-22-28-10-6-7-11-29(28)39(45)47;/h3-13,18,20-21,24-25,37H,14-17,19,22-23H2,1-2H3,(H,41,42,43);1H2/t37-;/m0./s1. The van der Waals surface area contributed by atoms with Crippen LogP contribution in [0.15, 0.2) is 91.3 Å². The molecule has 0 bridgehead atoms. The monoisotopic (exact) mass is 693 g/mol. The van der Waals surface area contributed by atoms with Crippen molar-refractivity contribution in [2.75, 3.05) is 39.2 Å². The Morgan fingerprint density at radius 3 is 2.48 bits per heavy atom. The number of benzene rings is 4. The lowest BCUT2D eigenvalue weighted by atomic mass is 9.96. The molecule has 7 rings (SSSR count). The van der Waals surface area contributed by atoms with Gasteiger partial charge in [0.1, 0.15) is 24.0 Å². The van der Waals surface area contributed by atoms with Gasteiger partial charge in [-0.05, 0) is 79.9 Å². The number of anilines is 2. The van der Waals surface area contributed by atoms with E-state index in [0.29, 0.717) is 64.0 Å². The van der Waals surface area contributed by atoms with Gasteiger partial charge < -0.3 is 24.6 Å². The summed E-state index contributed by atoms with van der Waals surface area (Å²) in [7, 11) is 3.72. The van der Waals surface area contributed by atoms with Gasteiger partial charge >= 0.3 is 0 Å². The molecule has 1 fully saturated rings. The van der Waals surface area contributed by atoms with Crippen molar-refractivity contribution in [2.45, 2.75) is 31.8 Å². The lowest BCUT2D eigenvalue weighted by Gasteiger charge is -2.28. The van der Waals surface area contributed by atoms with Crippen molar-refractivity contribution in [3.63, 3.8) is 0 Å². The van der Waals surface area contributed by atoms with Crippen molar-refractivity contribution >= 4 is 47.6 Å². The highest BCUT2D eigenvalue weighted by Gasteiger charge is 2.37. The van der Waals surface area contributed by atoms with Gasteiger partial charge in [-0.25, -0.2) is 14.4 Å². The maximum atomic E-state index is 15.6. The third kappa shape index (κ3) is 7.29. The van der Waals surface area contributed by atoms with E-state index < -0.39 is 11.9 Å². The Labute approximate surface area is 297 Å². The minimum atomic E-state index is -0.803. The Balaban J connectivity index is 0.00000432. The molecule has 1 amide bonds. The maximum absolute atomic E-state index is 15.6. The Morgan fingerprint density at radius 1 is 0.980 bits per heavy atom. The molecular weight excluding hydrogens is 654 g/mol. The molecule has 5 aromatic rings. The molecule has 0 unspecified atom stereocenters. The largest absolute Gasteiger partial charge is 0.493 e. The van der Waals surface area contributed by atoms with Gasteiger partial charge in [0.15, 0.2) is 17.3 Å². The first-order chi connectivity index (χ1) is 23.9. The number of amides is 1. The predicted molar refractivity (Wildman–Crippen MR) is 196 cm³/mol. The van der Waals surface area contributed by atoms with Gasteiger partial charge in [-0.3, -0.25) is 9.59 Å². The Bertz CT molecular complexity index is 2000. The average Bonchev–Trinajstić information content (AvgIpc) is 3.44. The number of nitrogens with one attached hydrogen (secondary N) is 1. The Morgan fingerprint density at radius 2 is 1.74 bits per heavy atom. The molecule has 3 heterocycles. The molecule has 11 heteroatoms. The van der Waals surface area contributed by atoms with E-state index in [9.17, 15) is 9.59 Å². The molecular formula is C39H40FN5O4S. The number of Topliss-reactive ketones (excluding diaryl/α,β-unsaturated/α-hetero) is 1. The lowest BCUT2D eigenvalue weighted by molar-refractivity contribution is -0.123. The van der Waals surface area contributed by atoms with E-state index in [1.54, 1.807) is 36.3 Å². The average molecular weight is 694 g/mol. The summed E-state index contributed by atoms with van der Waals surface area (Å²) in [4.78, 5) is 40.0. The van der Waals surface area contributed by atoms with Gasteiger partial charge in [0.05, 0.1) is 24.9 Å². The molecule has 50 heavy (non-hydrogen) atoms. The van der Waals surface area contributed by atoms with E-state index in [-0.39, 0.29) is 37.3 Å². The quantitative estimate of drug-likeness (QED) is 0.160. The van der Waals surface area contributed by atoms with Crippen molar-refractivity contribution < 1.29 is 23.5 Å². The summed E-state index contributed by atoms with van der Waals surface area (Å²) in [6.45, 7) is 3.05. The van der Waals surface area contributed by atoms with E-state index in [1.807, 2.05) is 54.6 Å². The minimum absolute atomic E-state index is 0. The highest BCUT2D eigenvalue weighted by molar-refractivity contribution is 7.59. The molecule has 0 spiro atoms. The number of carbonyl (C=O) groups excluding carboxylic acids is 2.